The number of nitriles is 1. The maximum Gasteiger partial charge on any atom is 0.414 e. The molecule has 3 N–H and O–H groups in total. The Bertz CT molecular complexity index is 1210. The summed E-state index contributed by atoms with van der Waals surface area (Å²) in [5.41, 5.74) is 3.17. The van der Waals surface area contributed by atoms with Crippen molar-refractivity contribution in [2.24, 2.45) is 5.10 Å². The number of carbonyl (C=O) groups excluding carboxylic acids is 2. The number of halogens is 2. The number of aromatic amines is 1. The second-order valence-electron chi connectivity index (χ2n) is 6.92. The van der Waals surface area contributed by atoms with Crippen LogP contribution in [0.3, 0.4) is 0 Å². The minimum Gasteiger partial charge on any atom is -0.450 e. The van der Waals surface area contributed by atoms with E-state index in [4.69, 9.17) is 33.2 Å². The smallest absolute Gasteiger partial charge is 0.414 e. The van der Waals surface area contributed by atoms with Crippen LogP contribution in [0, 0.1) is 11.3 Å². The molecule has 1 aliphatic rings. The maximum absolute atomic E-state index is 12.1. The van der Waals surface area contributed by atoms with Gasteiger partial charge >= 0.3 is 6.09 Å². The molecule has 0 radical (unpaired) electrons. The van der Waals surface area contributed by atoms with Crippen LogP contribution >= 0.6 is 23.2 Å². The summed E-state index contributed by atoms with van der Waals surface area (Å²) in [6.07, 6.45) is 0.431. The summed E-state index contributed by atoms with van der Waals surface area (Å²) in [5.74, 6) is -0.652. The highest BCUT2D eigenvalue weighted by Gasteiger charge is 2.27. The molecule has 0 saturated carbocycles. The molecular weight excluding hydrogens is 475 g/mol. The minimum absolute atomic E-state index is 0.0538. The normalized spacial score (nSPS) is 14.8. The van der Waals surface area contributed by atoms with Crippen LogP contribution in [-0.4, -0.2) is 34.5 Å². The molecule has 2 aromatic rings. The van der Waals surface area contributed by atoms with Gasteiger partial charge in [0.05, 0.1) is 22.3 Å². The molecule has 33 heavy (non-hydrogen) atoms. The molecule has 3 rings (SSSR count). The number of rotatable bonds is 6. The zero-order valence-corrected chi connectivity index (χ0v) is 19.0. The lowest BCUT2D eigenvalue weighted by atomic mass is 10.1. The number of anilines is 1. The predicted molar refractivity (Wildman–Crippen MR) is 120 cm³/mol. The first kappa shape index (κ1) is 24.0. The third-order valence-corrected chi connectivity index (χ3v) is 5.27. The number of H-pyrrole nitrogens is 1. The number of benzene rings is 1. The summed E-state index contributed by atoms with van der Waals surface area (Å²) in [5, 5.41) is 21.2. The number of nitrogens with one attached hydrogen (secondary N) is 3. The first-order valence-corrected chi connectivity index (χ1v) is 10.5. The molecule has 1 aromatic heterocycles. The largest absolute Gasteiger partial charge is 0.450 e. The fourth-order valence-electron chi connectivity index (χ4n) is 3.22. The van der Waals surface area contributed by atoms with Crippen LogP contribution in [0.2, 0.25) is 10.0 Å². The van der Waals surface area contributed by atoms with E-state index < -0.39 is 17.7 Å². The fourth-order valence-corrected chi connectivity index (χ4v) is 3.78. The Hall–Kier alpha value is -3.62. The van der Waals surface area contributed by atoms with Gasteiger partial charge in [0.2, 0.25) is 11.6 Å². The van der Waals surface area contributed by atoms with Gasteiger partial charge in [-0.1, -0.05) is 30.1 Å². The van der Waals surface area contributed by atoms with Crippen LogP contribution in [0.5, 0.6) is 11.6 Å². The average Bonchev–Trinajstić information content (AvgIpc) is 3.15. The van der Waals surface area contributed by atoms with E-state index in [1.807, 2.05) is 12.2 Å². The Labute approximate surface area is 197 Å². The van der Waals surface area contributed by atoms with Crippen molar-refractivity contribution in [3.05, 3.63) is 43.7 Å². The molecule has 0 saturated heterocycles. The van der Waals surface area contributed by atoms with Crippen LogP contribution in [0.1, 0.15) is 37.3 Å². The Balaban J connectivity index is 1.79. The predicted octanol–water partition coefficient (Wildman–Crippen LogP) is 3.48. The van der Waals surface area contributed by atoms with Gasteiger partial charge in [-0.3, -0.25) is 20.3 Å². The second kappa shape index (κ2) is 10.3. The first-order valence-electron chi connectivity index (χ1n) is 9.75. The van der Waals surface area contributed by atoms with Gasteiger partial charge in [0.1, 0.15) is 6.07 Å². The highest BCUT2D eigenvalue weighted by Crippen LogP contribution is 2.41. The molecule has 0 spiro atoms. The molecule has 0 bridgehead atoms. The van der Waals surface area contributed by atoms with E-state index in [0.29, 0.717) is 17.5 Å². The molecule has 0 fully saturated rings. The number of amides is 2. The van der Waals surface area contributed by atoms with Gasteiger partial charge in [-0.05, 0) is 37.8 Å². The summed E-state index contributed by atoms with van der Waals surface area (Å²) in [6, 6.07) is 4.37. The Morgan fingerprint density at radius 2 is 2.06 bits per heavy atom. The van der Waals surface area contributed by atoms with Crippen LogP contribution in [0.4, 0.5) is 10.5 Å². The van der Waals surface area contributed by atoms with E-state index in [9.17, 15) is 14.4 Å². The third-order valence-electron chi connectivity index (χ3n) is 4.71. The zero-order chi connectivity index (χ0) is 24.1. The maximum atomic E-state index is 12.1. The molecule has 11 nitrogen and oxygen atoms in total. The van der Waals surface area contributed by atoms with E-state index in [2.05, 4.69) is 25.5 Å². The van der Waals surface area contributed by atoms with Crippen molar-refractivity contribution in [2.45, 2.75) is 32.6 Å². The molecule has 1 aliphatic carbocycles. The van der Waals surface area contributed by atoms with Crippen LogP contribution in [0.25, 0.3) is 0 Å². The van der Waals surface area contributed by atoms with Crippen LogP contribution in [-0.2, 0) is 16.0 Å². The molecule has 13 heteroatoms. The number of carbonyl (C=O) groups is 2. The molecule has 1 aromatic carbocycles. The van der Waals surface area contributed by atoms with E-state index in [-0.39, 0.29) is 45.4 Å². The molecule has 1 atom stereocenters. The lowest BCUT2D eigenvalue weighted by Crippen LogP contribution is -2.36. The number of hydrogen-bond donors (Lipinski definition) is 3. The van der Waals surface area contributed by atoms with Crippen molar-refractivity contribution in [2.75, 3.05) is 12.0 Å². The van der Waals surface area contributed by atoms with E-state index >= 15 is 0 Å². The van der Waals surface area contributed by atoms with Gasteiger partial charge < -0.3 is 9.47 Å². The van der Waals surface area contributed by atoms with Gasteiger partial charge in [0.25, 0.3) is 11.5 Å². The van der Waals surface area contributed by atoms with E-state index in [1.165, 1.54) is 12.1 Å². The summed E-state index contributed by atoms with van der Waals surface area (Å²) >= 11 is 12.6. The third kappa shape index (κ3) is 5.42. The van der Waals surface area contributed by atoms with E-state index in [0.717, 1.165) is 6.42 Å². The SMILES string of the molecule is CCOC(=O)NC(=O)/C(C#N)=N/Nc1cc(Cl)c(Oc2n[nH]c(=O)c3c2CC[C@@H]3C)c(Cl)c1. The molecule has 1 heterocycles. The lowest BCUT2D eigenvalue weighted by Gasteiger charge is -2.13. The number of aromatic nitrogens is 2. The van der Waals surface area contributed by atoms with E-state index in [1.54, 1.807) is 13.0 Å². The Kier molecular flexibility index (Phi) is 7.52. The number of ether oxygens (including phenoxy) is 2. The second-order valence-corrected chi connectivity index (χ2v) is 7.73. The van der Waals surface area contributed by atoms with Gasteiger partial charge in [0, 0.05) is 11.1 Å². The number of imide groups is 1. The van der Waals surface area contributed by atoms with Crippen molar-refractivity contribution >= 4 is 46.6 Å². The van der Waals surface area contributed by atoms with Crippen molar-refractivity contribution in [3.8, 4) is 17.7 Å². The highest BCUT2D eigenvalue weighted by atomic mass is 35.5. The molecular formula is C20H18Cl2N6O5. The van der Waals surface area contributed by atoms with Gasteiger partial charge in [-0.15, -0.1) is 5.10 Å². The quantitative estimate of drug-likeness (QED) is 0.408. The van der Waals surface area contributed by atoms with Crippen molar-refractivity contribution in [3.63, 3.8) is 0 Å². The Morgan fingerprint density at radius 3 is 2.70 bits per heavy atom. The Morgan fingerprint density at radius 1 is 1.36 bits per heavy atom. The van der Waals surface area contributed by atoms with Crippen LogP contribution in [0.15, 0.2) is 22.0 Å². The summed E-state index contributed by atoms with van der Waals surface area (Å²) < 4.78 is 10.4. The lowest BCUT2D eigenvalue weighted by molar-refractivity contribution is -0.114. The monoisotopic (exact) mass is 492 g/mol. The average molecular weight is 493 g/mol. The molecule has 172 valence electrons. The van der Waals surface area contributed by atoms with Crippen molar-refractivity contribution in [1.29, 1.82) is 5.26 Å². The number of hydrogen-bond acceptors (Lipinski definition) is 9. The number of nitrogens with zero attached hydrogens (tertiary/aromatic N) is 3. The molecule has 0 unspecified atom stereocenters. The summed E-state index contributed by atoms with van der Waals surface area (Å²) in [7, 11) is 0. The topological polar surface area (TPSA) is 159 Å². The standard InChI is InChI=1S/C20H18Cl2N6O5/c1-3-32-20(31)24-17(29)14(8-23)26-25-10-6-12(21)16(13(22)7-10)33-19-11-5-4-9(2)15(11)18(30)27-28-19/h6-7,9,25H,3-5H2,1-2H3,(H,27,30)(H,24,29,31)/b26-14+/t9-/m0/s1. The zero-order valence-electron chi connectivity index (χ0n) is 17.5. The van der Waals surface area contributed by atoms with Gasteiger partial charge in [0.15, 0.2) is 5.75 Å². The van der Waals surface area contributed by atoms with Gasteiger partial charge in [-0.2, -0.15) is 10.4 Å². The highest BCUT2D eigenvalue weighted by molar-refractivity contribution is 6.47. The minimum atomic E-state index is -1.05. The first-order chi connectivity index (χ1) is 15.7. The number of hydrazone groups is 1. The number of fused-ring (bicyclic) bond motifs is 1. The van der Waals surface area contributed by atoms with Crippen molar-refractivity contribution < 1.29 is 19.1 Å². The molecule has 0 aliphatic heterocycles. The summed E-state index contributed by atoms with van der Waals surface area (Å²) in [4.78, 5) is 35.3. The molecule has 2 amide bonds. The van der Waals surface area contributed by atoms with Crippen LogP contribution < -0.4 is 21.0 Å². The summed E-state index contributed by atoms with van der Waals surface area (Å²) in [6.45, 7) is 3.57. The van der Waals surface area contributed by atoms with Crippen molar-refractivity contribution in [1.82, 2.24) is 15.5 Å². The van der Waals surface area contributed by atoms with Gasteiger partial charge in [-0.25, -0.2) is 9.89 Å². The fraction of sp³-hybridized carbons (Fsp3) is 0.300. The number of alkyl carbamates (subject to hydrolysis) is 1.